The standard InChI is InChI=1S/C19H25N3O/c1-12(2)18-9-16(15-6-4-5-7-17(15)21-18)19(23)22-11-14(10-20)8-13(22)3/h4-7,9,12-14H,8,10-11,20H2,1-3H3. The maximum absolute atomic E-state index is 13.2. The SMILES string of the molecule is CC(C)c1cc(C(=O)N2CC(CN)CC2C)c2ccccc2n1. The van der Waals surface area contributed by atoms with E-state index in [1.807, 2.05) is 35.2 Å². The zero-order valence-corrected chi connectivity index (χ0v) is 14.1. The molecule has 0 radical (unpaired) electrons. The minimum atomic E-state index is 0.106. The number of hydrogen-bond acceptors (Lipinski definition) is 3. The molecular formula is C19H25N3O. The molecule has 2 N–H and O–H groups in total. The van der Waals surface area contributed by atoms with E-state index in [0.29, 0.717) is 18.4 Å². The van der Waals surface area contributed by atoms with Crippen LogP contribution in [-0.4, -0.2) is 34.9 Å². The van der Waals surface area contributed by atoms with Crippen LogP contribution in [0.2, 0.25) is 0 Å². The van der Waals surface area contributed by atoms with E-state index < -0.39 is 0 Å². The highest BCUT2D eigenvalue weighted by atomic mass is 16.2. The predicted octanol–water partition coefficient (Wildman–Crippen LogP) is 3.17. The van der Waals surface area contributed by atoms with Gasteiger partial charge in [0.15, 0.2) is 0 Å². The van der Waals surface area contributed by atoms with Crippen molar-refractivity contribution in [2.24, 2.45) is 11.7 Å². The number of hydrogen-bond donors (Lipinski definition) is 1. The lowest BCUT2D eigenvalue weighted by molar-refractivity contribution is 0.0745. The van der Waals surface area contributed by atoms with Gasteiger partial charge in [-0.1, -0.05) is 32.0 Å². The topological polar surface area (TPSA) is 59.2 Å². The zero-order chi connectivity index (χ0) is 16.6. The molecule has 2 heterocycles. The fraction of sp³-hybridized carbons (Fsp3) is 0.474. The van der Waals surface area contributed by atoms with Gasteiger partial charge in [-0.15, -0.1) is 0 Å². The summed E-state index contributed by atoms with van der Waals surface area (Å²) in [5, 5.41) is 0.935. The summed E-state index contributed by atoms with van der Waals surface area (Å²) in [4.78, 5) is 19.8. The smallest absolute Gasteiger partial charge is 0.254 e. The summed E-state index contributed by atoms with van der Waals surface area (Å²) in [6.07, 6.45) is 0.988. The summed E-state index contributed by atoms with van der Waals surface area (Å²) >= 11 is 0. The second-order valence-corrected chi connectivity index (χ2v) is 6.91. The van der Waals surface area contributed by atoms with Gasteiger partial charge in [-0.05, 0) is 43.9 Å². The second-order valence-electron chi connectivity index (χ2n) is 6.91. The highest BCUT2D eigenvalue weighted by molar-refractivity contribution is 6.06. The molecule has 0 spiro atoms. The number of fused-ring (bicyclic) bond motifs is 1. The van der Waals surface area contributed by atoms with Crippen LogP contribution >= 0.6 is 0 Å². The molecule has 2 unspecified atom stereocenters. The predicted molar refractivity (Wildman–Crippen MR) is 93.5 cm³/mol. The third kappa shape index (κ3) is 2.95. The van der Waals surface area contributed by atoms with E-state index in [-0.39, 0.29) is 11.9 Å². The van der Waals surface area contributed by atoms with E-state index in [9.17, 15) is 4.79 Å². The molecule has 122 valence electrons. The Balaban J connectivity index is 2.06. The fourth-order valence-corrected chi connectivity index (χ4v) is 3.42. The highest BCUT2D eigenvalue weighted by Crippen LogP contribution is 2.28. The van der Waals surface area contributed by atoms with Gasteiger partial charge in [-0.3, -0.25) is 9.78 Å². The van der Waals surface area contributed by atoms with Crippen molar-refractivity contribution in [3.8, 4) is 0 Å². The van der Waals surface area contributed by atoms with Crippen molar-refractivity contribution in [2.75, 3.05) is 13.1 Å². The van der Waals surface area contributed by atoms with Gasteiger partial charge >= 0.3 is 0 Å². The number of carbonyl (C=O) groups is 1. The number of nitrogens with two attached hydrogens (primary N) is 1. The van der Waals surface area contributed by atoms with Gasteiger partial charge in [0.2, 0.25) is 0 Å². The van der Waals surface area contributed by atoms with Crippen molar-refractivity contribution >= 4 is 16.8 Å². The molecule has 1 saturated heterocycles. The Labute approximate surface area is 137 Å². The van der Waals surface area contributed by atoms with Gasteiger partial charge in [0.25, 0.3) is 5.91 Å². The summed E-state index contributed by atoms with van der Waals surface area (Å²) in [6, 6.07) is 10.1. The Morgan fingerprint density at radius 3 is 2.78 bits per heavy atom. The molecule has 0 bridgehead atoms. The summed E-state index contributed by atoms with van der Waals surface area (Å²) < 4.78 is 0. The van der Waals surface area contributed by atoms with Gasteiger partial charge in [0.05, 0.1) is 11.1 Å². The molecule has 1 amide bonds. The molecule has 0 aliphatic carbocycles. The van der Waals surface area contributed by atoms with E-state index in [4.69, 9.17) is 10.7 Å². The zero-order valence-electron chi connectivity index (χ0n) is 14.1. The summed E-state index contributed by atoms with van der Waals surface area (Å²) in [7, 11) is 0. The molecule has 4 nitrogen and oxygen atoms in total. The van der Waals surface area contributed by atoms with Gasteiger partial charge in [-0.2, -0.15) is 0 Å². The number of likely N-dealkylation sites (tertiary alicyclic amines) is 1. The lowest BCUT2D eigenvalue weighted by Gasteiger charge is -2.23. The van der Waals surface area contributed by atoms with Crippen molar-refractivity contribution < 1.29 is 4.79 Å². The molecule has 3 rings (SSSR count). The minimum Gasteiger partial charge on any atom is -0.336 e. The number of nitrogens with zero attached hydrogens (tertiary/aromatic N) is 2. The molecule has 2 aromatic rings. The largest absolute Gasteiger partial charge is 0.336 e. The number of para-hydroxylation sites is 1. The van der Waals surface area contributed by atoms with Crippen LogP contribution in [0.4, 0.5) is 0 Å². The second kappa shape index (κ2) is 6.28. The van der Waals surface area contributed by atoms with Crippen LogP contribution in [0.1, 0.15) is 49.2 Å². The Kier molecular flexibility index (Phi) is 4.35. The Morgan fingerprint density at radius 2 is 2.13 bits per heavy atom. The summed E-state index contributed by atoms with van der Waals surface area (Å²) in [6.45, 7) is 7.72. The first-order valence-corrected chi connectivity index (χ1v) is 8.42. The van der Waals surface area contributed by atoms with Crippen LogP contribution in [-0.2, 0) is 0 Å². The maximum atomic E-state index is 13.2. The molecule has 2 atom stereocenters. The van der Waals surface area contributed by atoms with Crippen molar-refractivity contribution in [3.63, 3.8) is 0 Å². The average Bonchev–Trinajstić information content (AvgIpc) is 2.94. The first-order valence-electron chi connectivity index (χ1n) is 8.42. The Hall–Kier alpha value is -1.94. The van der Waals surface area contributed by atoms with Crippen LogP contribution in [0.15, 0.2) is 30.3 Å². The Bertz CT molecular complexity index is 726. The third-order valence-corrected chi connectivity index (χ3v) is 4.81. The molecule has 1 aromatic heterocycles. The first-order chi connectivity index (χ1) is 11.0. The number of aromatic nitrogens is 1. The molecule has 0 saturated carbocycles. The van der Waals surface area contributed by atoms with Crippen molar-refractivity contribution in [2.45, 2.75) is 39.2 Å². The quantitative estimate of drug-likeness (QED) is 0.947. The van der Waals surface area contributed by atoms with Crippen molar-refractivity contribution in [1.29, 1.82) is 0 Å². The van der Waals surface area contributed by atoms with Crippen LogP contribution in [0.3, 0.4) is 0 Å². The lowest BCUT2D eigenvalue weighted by atomic mass is 10.0. The summed E-state index contributed by atoms with van der Waals surface area (Å²) in [5.74, 6) is 0.805. The number of amides is 1. The molecule has 4 heteroatoms. The summed E-state index contributed by atoms with van der Waals surface area (Å²) in [5.41, 5.74) is 8.43. The monoisotopic (exact) mass is 311 g/mol. The van der Waals surface area contributed by atoms with Gasteiger partial charge in [0.1, 0.15) is 0 Å². The van der Waals surface area contributed by atoms with E-state index in [0.717, 1.165) is 35.1 Å². The van der Waals surface area contributed by atoms with Gasteiger partial charge < -0.3 is 10.6 Å². The Morgan fingerprint density at radius 1 is 1.39 bits per heavy atom. The molecule has 1 aliphatic rings. The molecule has 1 aliphatic heterocycles. The molecule has 23 heavy (non-hydrogen) atoms. The van der Waals surface area contributed by atoms with Gasteiger partial charge in [0, 0.05) is 23.7 Å². The number of rotatable bonds is 3. The fourth-order valence-electron chi connectivity index (χ4n) is 3.42. The molecule has 1 fully saturated rings. The number of benzene rings is 1. The highest BCUT2D eigenvalue weighted by Gasteiger charge is 2.33. The number of pyridine rings is 1. The van der Waals surface area contributed by atoms with Crippen LogP contribution in [0.25, 0.3) is 10.9 Å². The minimum absolute atomic E-state index is 0.106. The van der Waals surface area contributed by atoms with Crippen molar-refractivity contribution in [3.05, 3.63) is 41.6 Å². The van der Waals surface area contributed by atoms with E-state index in [1.54, 1.807) is 0 Å². The van der Waals surface area contributed by atoms with Crippen LogP contribution in [0.5, 0.6) is 0 Å². The average molecular weight is 311 g/mol. The first kappa shape index (κ1) is 15.9. The number of carbonyl (C=O) groups excluding carboxylic acids is 1. The van der Waals surface area contributed by atoms with E-state index >= 15 is 0 Å². The maximum Gasteiger partial charge on any atom is 0.254 e. The van der Waals surface area contributed by atoms with Crippen molar-refractivity contribution in [1.82, 2.24) is 9.88 Å². The van der Waals surface area contributed by atoms with Crippen LogP contribution in [0, 0.1) is 5.92 Å². The normalized spacial score (nSPS) is 21.3. The molecule has 1 aromatic carbocycles. The van der Waals surface area contributed by atoms with E-state index in [1.165, 1.54) is 0 Å². The van der Waals surface area contributed by atoms with Gasteiger partial charge in [-0.25, -0.2) is 0 Å². The molecular weight excluding hydrogens is 286 g/mol. The van der Waals surface area contributed by atoms with Crippen LogP contribution < -0.4 is 5.73 Å². The lowest BCUT2D eigenvalue weighted by Crippen LogP contribution is -2.34. The third-order valence-electron chi connectivity index (χ3n) is 4.81. The van der Waals surface area contributed by atoms with E-state index in [2.05, 4.69) is 20.8 Å².